The van der Waals surface area contributed by atoms with Crippen LogP contribution in [0.4, 0.5) is 6.01 Å². The van der Waals surface area contributed by atoms with E-state index in [4.69, 9.17) is 4.42 Å². The molecule has 0 saturated carbocycles. The number of aryl methyl sites for hydroxylation is 1. The van der Waals surface area contributed by atoms with E-state index in [0.717, 1.165) is 51.5 Å². The third kappa shape index (κ3) is 4.94. The van der Waals surface area contributed by atoms with Gasteiger partial charge < -0.3 is 19.3 Å². The number of hydrogen-bond acceptors (Lipinski definition) is 7. The molecule has 7 heteroatoms. The van der Waals surface area contributed by atoms with E-state index in [9.17, 15) is 5.11 Å². The maximum Gasteiger partial charge on any atom is 0.318 e. The maximum absolute atomic E-state index is 9.98. The van der Waals surface area contributed by atoms with Crippen molar-refractivity contribution in [2.24, 2.45) is 0 Å². The Morgan fingerprint density at radius 3 is 2.57 bits per heavy atom. The van der Waals surface area contributed by atoms with Gasteiger partial charge in [0, 0.05) is 45.7 Å². The lowest BCUT2D eigenvalue weighted by Gasteiger charge is -2.34. The molecule has 0 aliphatic carbocycles. The van der Waals surface area contributed by atoms with Crippen molar-refractivity contribution in [3.8, 4) is 0 Å². The number of rotatable bonds is 7. The average Bonchev–Trinajstić information content (AvgIpc) is 2.87. The van der Waals surface area contributed by atoms with Gasteiger partial charge in [-0.15, -0.1) is 5.10 Å². The predicted molar refractivity (Wildman–Crippen MR) is 81.5 cm³/mol. The lowest BCUT2D eigenvalue weighted by molar-refractivity contribution is 0.0856. The van der Waals surface area contributed by atoms with Crippen molar-refractivity contribution in [3.05, 3.63) is 5.89 Å². The Labute approximate surface area is 126 Å². The zero-order valence-electron chi connectivity index (χ0n) is 13.3. The third-order valence-electron chi connectivity index (χ3n) is 3.61. The van der Waals surface area contributed by atoms with Crippen LogP contribution in [0, 0.1) is 0 Å². The minimum Gasteiger partial charge on any atom is -0.408 e. The summed E-state index contributed by atoms with van der Waals surface area (Å²) in [5, 5.41) is 18.2. The minimum atomic E-state index is -0.300. The number of nitrogens with zero attached hydrogens (tertiary/aromatic N) is 5. The molecule has 2 heterocycles. The molecule has 1 N–H and O–H groups in total. The first-order valence-corrected chi connectivity index (χ1v) is 7.71. The highest BCUT2D eigenvalue weighted by atomic mass is 16.4. The molecule has 0 aromatic carbocycles. The Bertz CT molecular complexity index is 415. The Kier molecular flexibility index (Phi) is 5.96. The van der Waals surface area contributed by atoms with Gasteiger partial charge in [-0.05, 0) is 20.5 Å². The minimum absolute atomic E-state index is 0.300. The second kappa shape index (κ2) is 7.72. The summed E-state index contributed by atoms with van der Waals surface area (Å²) in [6.45, 7) is 7.07. The zero-order valence-corrected chi connectivity index (χ0v) is 13.3. The zero-order chi connectivity index (χ0) is 15.2. The first kappa shape index (κ1) is 16.2. The van der Waals surface area contributed by atoms with Crippen LogP contribution in [0.1, 0.15) is 19.2 Å². The smallest absolute Gasteiger partial charge is 0.318 e. The lowest BCUT2D eigenvalue weighted by Crippen LogP contribution is -2.49. The van der Waals surface area contributed by atoms with E-state index >= 15 is 0 Å². The largest absolute Gasteiger partial charge is 0.408 e. The monoisotopic (exact) mass is 297 g/mol. The van der Waals surface area contributed by atoms with E-state index in [1.165, 1.54) is 0 Å². The highest BCUT2D eigenvalue weighted by molar-refractivity contribution is 5.25. The first-order valence-electron chi connectivity index (χ1n) is 7.71. The van der Waals surface area contributed by atoms with Crippen molar-refractivity contribution in [2.45, 2.75) is 25.9 Å². The molecule has 0 unspecified atom stereocenters. The van der Waals surface area contributed by atoms with Crippen LogP contribution in [0.2, 0.25) is 0 Å². The summed E-state index contributed by atoms with van der Waals surface area (Å²) in [7, 11) is 3.95. The molecule has 1 atom stereocenters. The van der Waals surface area contributed by atoms with Crippen LogP contribution in [-0.4, -0.2) is 84.6 Å². The van der Waals surface area contributed by atoms with E-state index in [1.807, 2.05) is 19.0 Å². The van der Waals surface area contributed by atoms with Gasteiger partial charge >= 0.3 is 6.01 Å². The van der Waals surface area contributed by atoms with Crippen molar-refractivity contribution < 1.29 is 9.52 Å². The van der Waals surface area contributed by atoms with Gasteiger partial charge in [0.1, 0.15) is 0 Å². The Hall–Kier alpha value is -1.18. The molecule has 0 bridgehead atoms. The fourth-order valence-electron chi connectivity index (χ4n) is 2.59. The van der Waals surface area contributed by atoms with E-state index in [-0.39, 0.29) is 6.10 Å². The molecule has 1 fully saturated rings. The van der Waals surface area contributed by atoms with Gasteiger partial charge in [-0.3, -0.25) is 4.90 Å². The molecule has 1 aliphatic heterocycles. The average molecular weight is 297 g/mol. The highest BCUT2D eigenvalue weighted by Crippen LogP contribution is 2.15. The molecule has 0 spiro atoms. The fraction of sp³-hybridized carbons (Fsp3) is 0.857. The van der Waals surface area contributed by atoms with Gasteiger partial charge in [-0.25, -0.2) is 0 Å². The summed E-state index contributed by atoms with van der Waals surface area (Å²) >= 11 is 0. The standard InChI is InChI=1S/C14H27N5O2/c1-4-5-13-15-16-14(21-13)19-8-6-18(7-9-19)11-12(20)10-17(2)3/h12,20H,4-11H2,1-3H3/t12-/m1/s1. The molecule has 0 amide bonds. The van der Waals surface area contributed by atoms with E-state index < -0.39 is 0 Å². The molecule has 0 radical (unpaired) electrons. The van der Waals surface area contributed by atoms with E-state index in [0.29, 0.717) is 12.6 Å². The summed E-state index contributed by atoms with van der Waals surface area (Å²) in [6.07, 6.45) is 1.55. The number of anilines is 1. The molecule has 2 rings (SSSR count). The van der Waals surface area contributed by atoms with Crippen LogP contribution >= 0.6 is 0 Å². The number of aliphatic hydroxyl groups excluding tert-OH is 1. The van der Waals surface area contributed by atoms with Gasteiger partial charge in [-0.1, -0.05) is 12.0 Å². The number of hydrogen-bond donors (Lipinski definition) is 1. The summed E-state index contributed by atoms with van der Waals surface area (Å²) < 4.78 is 5.66. The van der Waals surface area contributed by atoms with Gasteiger partial charge in [0.25, 0.3) is 0 Å². The lowest BCUT2D eigenvalue weighted by atomic mass is 10.2. The molecule has 7 nitrogen and oxygen atoms in total. The van der Waals surface area contributed by atoms with Crippen molar-refractivity contribution in [1.29, 1.82) is 0 Å². The molecule has 1 saturated heterocycles. The van der Waals surface area contributed by atoms with Gasteiger partial charge in [-0.2, -0.15) is 0 Å². The van der Waals surface area contributed by atoms with Crippen LogP contribution in [0.5, 0.6) is 0 Å². The van der Waals surface area contributed by atoms with Gasteiger partial charge in [0.15, 0.2) is 0 Å². The fourth-order valence-corrected chi connectivity index (χ4v) is 2.59. The molecule has 1 aliphatic rings. The number of aliphatic hydroxyl groups is 1. The van der Waals surface area contributed by atoms with Crippen LogP contribution in [0.3, 0.4) is 0 Å². The molecular weight excluding hydrogens is 270 g/mol. The second-order valence-electron chi connectivity index (χ2n) is 5.93. The quantitative estimate of drug-likeness (QED) is 0.763. The second-order valence-corrected chi connectivity index (χ2v) is 5.93. The topological polar surface area (TPSA) is 68.9 Å². The Balaban J connectivity index is 1.77. The van der Waals surface area contributed by atoms with Crippen molar-refractivity contribution in [3.63, 3.8) is 0 Å². The van der Waals surface area contributed by atoms with Gasteiger partial charge in [0.05, 0.1) is 6.10 Å². The molecule has 21 heavy (non-hydrogen) atoms. The summed E-state index contributed by atoms with van der Waals surface area (Å²) in [6, 6.07) is 0.631. The molecule has 120 valence electrons. The SMILES string of the molecule is CCCc1nnc(N2CCN(C[C@H](O)CN(C)C)CC2)o1. The molecule has 1 aromatic rings. The van der Waals surface area contributed by atoms with E-state index in [2.05, 4.69) is 26.9 Å². The number of β-amino-alcohol motifs (C(OH)–C–C–N with tert-alkyl or cyclic N) is 1. The van der Waals surface area contributed by atoms with Crippen LogP contribution in [0.25, 0.3) is 0 Å². The predicted octanol–water partition coefficient (Wildman–Crippen LogP) is 0.0666. The number of piperazine rings is 1. The number of likely N-dealkylation sites (N-methyl/N-ethyl adjacent to an activating group) is 1. The molecule has 1 aromatic heterocycles. The summed E-state index contributed by atoms with van der Waals surface area (Å²) in [5.74, 6) is 0.719. The van der Waals surface area contributed by atoms with Crippen molar-refractivity contribution in [2.75, 3.05) is 58.3 Å². The summed E-state index contributed by atoms with van der Waals surface area (Å²) in [5.41, 5.74) is 0. The Morgan fingerprint density at radius 1 is 1.24 bits per heavy atom. The van der Waals surface area contributed by atoms with Crippen molar-refractivity contribution in [1.82, 2.24) is 20.0 Å². The summed E-state index contributed by atoms with van der Waals surface area (Å²) in [4.78, 5) is 6.42. The van der Waals surface area contributed by atoms with Crippen molar-refractivity contribution >= 4 is 6.01 Å². The van der Waals surface area contributed by atoms with Gasteiger partial charge in [0.2, 0.25) is 5.89 Å². The van der Waals surface area contributed by atoms with Crippen LogP contribution < -0.4 is 4.90 Å². The van der Waals surface area contributed by atoms with Crippen LogP contribution in [0.15, 0.2) is 4.42 Å². The first-order chi connectivity index (χ1) is 10.1. The highest BCUT2D eigenvalue weighted by Gasteiger charge is 2.22. The van der Waals surface area contributed by atoms with Crippen LogP contribution in [-0.2, 0) is 6.42 Å². The normalized spacial score (nSPS) is 18.4. The maximum atomic E-state index is 9.98. The van der Waals surface area contributed by atoms with E-state index in [1.54, 1.807) is 0 Å². The number of aromatic nitrogens is 2. The third-order valence-corrected chi connectivity index (χ3v) is 3.61. The Morgan fingerprint density at radius 2 is 1.95 bits per heavy atom. The molecular formula is C14H27N5O2.